The fraction of sp³-hybridized carbons (Fsp3) is 0.143. The lowest BCUT2D eigenvalue weighted by Crippen LogP contribution is -2.19. The highest BCUT2D eigenvalue weighted by molar-refractivity contribution is 7.86. The van der Waals surface area contributed by atoms with Gasteiger partial charge in [0.2, 0.25) is 0 Å². The number of halogens is 4. The second kappa shape index (κ2) is 4.91. The van der Waals surface area contributed by atoms with Crippen LogP contribution in [0.3, 0.4) is 0 Å². The van der Waals surface area contributed by atoms with Crippen molar-refractivity contribution >= 4 is 21.1 Å². The van der Waals surface area contributed by atoms with Crippen LogP contribution in [0.5, 0.6) is 0 Å². The topological polar surface area (TPSA) is 83.5 Å². The van der Waals surface area contributed by atoms with Crippen molar-refractivity contribution in [2.75, 3.05) is 7.05 Å². The molecule has 0 bridgehead atoms. The van der Waals surface area contributed by atoms with E-state index in [1.54, 1.807) is 0 Å². The predicted molar refractivity (Wildman–Crippen MR) is 51.6 cm³/mol. The molecule has 1 aromatic rings. The van der Waals surface area contributed by atoms with Gasteiger partial charge in [-0.3, -0.25) is 4.55 Å². The molecule has 5 nitrogen and oxygen atoms in total. The number of rotatable bonds is 3. The summed E-state index contributed by atoms with van der Waals surface area (Å²) in [6.07, 6.45) is 0. The van der Waals surface area contributed by atoms with E-state index in [0.717, 1.165) is 7.05 Å². The first-order valence-electron chi connectivity index (χ1n) is 4.05. The molecule has 2 N–H and O–H groups in total. The molecule has 1 rings (SSSR count). The molecule has 0 aliphatic heterocycles. The minimum Gasteiger partial charge on any atom is -0.282 e. The average molecular weight is 307 g/mol. The van der Waals surface area contributed by atoms with Crippen LogP contribution in [0.15, 0.2) is 9.79 Å². The molecule has 0 aliphatic rings. The highest BCUT2D eigenvalue weighted by Gasteiger charge is 2.33. The van der Waals surface area contributed by atoms with E-state index in [1.165, 1.54) is 0 Å². The standard InChI is InChI=1S/C7H5F4NO4S2/c1-12-17(13)6-2(8)4(10)7(18(14,15)16)5(11)3(6)9/h12H,1H3,(H,14,15,16). The normalized spacial score (nSPS) is 13.7. The van der Waals surface area contributed by atoms with Crippen LogP contribution in [0, 0.1) is 23.3 Å². The molecule has 1 unspecified atom stereocenters. The lowest BCUT2D eigenvalue weighted by atomic mass is 10.3. The van der Waals surface area contributed by atoms with E-state index in [-0.39, 0.29) is 0 Å². The van der Waals surface area contributed by atoms with E-state index in [2.05, 4.69) is 0 Å². The summed E-state index contributed by atoms with van der Waals surface area (Å²) in [5.74, 6) is -9.05. The van der Waals surface area contributed by atoms with Crippen LogP contribution in [0.2, 0.25) is 0 Å². The average Bonchev–Trinajstić information content (AvgIpc) is 2.24. The maximum Gasteiger partial charge on any atom is 0.300 e. The largest absolute Gasteiger partial charge is 0.300 e. The molecule has 0 aromatic heterocycles. The third kappa shape index (κ3) is 2.39. The van der Waals surface area contributed by atoms with Crippen molar-refractivity contribution < 1.29 is 34.7 Å². The fourth-order valence-corrected chi connectivity index (χ4v) is 2.42. The molecule has 0 heterocycles. The van der Waals surface area contributed by atoms with E-state index in [4.69, 9.17) is 4.55 Å². The van der Waals surface area contributed by atoms with Crippen molar-refractivity contribution in [3.63, 3.8) is 0 Å². The van der Waals surface area contributed by atoms with E-state index in [9.17, 15) is 30.2 Å². The Labute approximate surface area is 101 Å². The second-order valence-electron chi connectivity index (χ2n) is 2.86. The molecule has 1 aromatic carbocycles. The number of nitrogens with one attached hydrogen (secondary N) is 1. The smallest absolute Gasteiger partial charge is 0.282 e. The SMILES string of the molecule is CNS(=O)c1c(F)c(F)c(S(=O)(=O)O)c(F)c1F. The van der Waals surface area contributed by atoms with Crippen molar-refractivity contribution in [1.29, 1.82) is 0 Å². The zero-order chi connectivity index (χ0) is 14.2. The molecule has 18 heavy (non-hydrogen) atoms. The Bertz CT molecular complexity index is 602. The monoisotopic (exact) mass is 307 g/mol. The molecular formula is C7H5F4NO4S2. The maximum absolute atomic E-state index is 13.3. The Morgan fingerprint density at radius 1 is 1.06 bits per heavy atom. The first-order valence-corrected chi connectivity index (χ1v) is 6.64. The second-order valence-corrected chi connectivity index (χ2v) is 5.57. The summed E-state index contributed by atoms with van der Waals surface area (Å²) in [7, 11) is -7.15. The van der Waals surface area contributed by atoms with E-state index < -0.39 is 54.2 Å². The lowest BCUT2D eigenvalue weighted by Gasteiger charge is -2.09. The van der Waals surface area contributed by atoms with Gasteiger partial charge in [0.1, 0.15) is 15.9 Å². The lowest BCUT2D eigenvalue weighted by molar-refractivity contribution is 0.382. The van der Waals surface area contributed by atoms with Crippen LogP contribution >= 0.6 is 0 Å². The van der Waals surface area contributed by atoms with Gasteiger partial charge < -0.3 is 0 Å². The Morgan fingerprint density at radius 2 is 1.44 bits per heavy atom. The maximum atomic E-state index is 13.3. The molecule has 11 heteroatoms. The molecule has 0 fully saturated rings. The molecule has 1 atom stereocenters. The highest BCUT2D eigenvalue weighted by Crippen LogP contribution is 2.28. The Kier molecular flexibility index (Phi) is 4.10. The van der Waals surface area contributed by atoms with Gasteiger partial charge >= 0.3 is 10.1 Å². The molecule has 0 amide bonds. The molecular weight excluding hydrogens is 302 g/mol. The van der Waals surface area contributed by atoms with Gasteiger partial charge in [0.15, 0.2) is 28.2 Å². The van der Waals surface area contributed by atoms with Crippen LogP contribution in [-0.4, -0.2) is 24.2 Å². The first kappa shape index (κ1) is 15.0. The summed E-state index contributed by atoms with van der Waals surface area (Å²) in [6, 6.07) is 0. The summed E-state index contributed by atoms with van der Waals surface area (Å²) in [6.45, 7) is 0. The zero-order valence-electron chi connectivity index (χ0n) is 8.50. The van der Waals surface area contributed by atoms with E-state index in [1.807, 2.05) is 4.72 Å². The Balaban J connectivity index is 3.84. The minimum atomic E-state index is -5.51. The highest BCUT2D eigenvalue weighted by atomic mass is 32.2. The van der Waals surface area contributed by atoms with E-state index in [0.29, 0.717) is 0 Å². The Morgan fingerprint density at radius 3 is 1.72 bits per heavy atom. The van der Waals surface area contributed by atoms with Gasteiger partial charge in [-0.1, -0.05) is 0 Å². The molecule has 0 saturated carbocycles. The van der Waals surface area contributed by atoms with Gasteiger partial charge in [0.25, 0.3) is 0 Å². The van der Waals surface area contributed by atoms with Gasteiger partial charge in [-0.25, -0.2) is 26.5 Å². The molecule has 0 saturated heterocycles. The number of hydrogen-bond donors (Lipinski definition) is 2. The van der Waals surface area contributed by atoms with E-state index >= 15 is 0 Å². The molecule has 0 aliphatic carbocycles. The third-order valence-corrected chi connectivity index (χ3v) is 3.79. The van der Waals surface area contributed by atoms with Gasteiger partial charge in [-0.15, -0.1) is 0 Å². The molecule has 0 radical (unpaired) electrons. The zero-order valence-corrected chi connectivity index (χ0v) is 10.1. The van der Waals surface area contributed by atoms with Crippen molar-refractivity contribution in [1.82, 2.24) is 4.72 Å². The number of hydrogen-bond acceptors (Lipinski definition) is 3. The summed E-state index contributed by atoms with van der Waals surface area (Å²) < 4.78 is 95.5. The van der Waals surface area contributed by atoms with Crippen LogP contribution in [-0.2, 0) is 21.1 Å². The van der Waals surface area contributed by atoms with Gasteiger partial charge in [0.05, 0.1) is 0 Å². The van der Waals surface area contributed by atoms with Crippen LogP contribution < -0.4 is 4.72 Å². The van der Waals surface area contributed by atoms with Gasteiger partial charge in [0, 0.05) is 0 Å². The van der Waals surface area contributed by atoms with Crippen LogP contribution in [0.25, 0.3) is 0 Å². The number of benzene rings is 1. The minimum absolute atomic E-state index is 0.988. The summed E-state index contributed by atoms with van der Waals surface area (Å²) >= 11 is 0. The predicted octanol–water partition coefficient (Wildman–Crippen LogP) is 0.732. The first-order chi connectivity index (χ1) is 8.12. The van der Waals surface area contributed by atoms with Crippen molar-refractivity contribution in [2.45, 2.75) is 9.79 Å². The van der Waals surface area contributed by atoms with Crippen LogP contribution in [0.4, 0.5) is 17.6 Å². The third-order valence-electron chi connectivity index (χ3n) is 1.81. The summed E-state index contributed by atoms with van der Waals surface area (Å²) in [4.78, 5) is -3.69. The summed E-state index contributed by atoms with van der Waals surface area (Å²) in [5.41, 5.74) is 0. The molecule has 102 valence electrons. The molecule has 0 spiro atoms. The van der Waals surface area contributed by atoms with Gasteiger partial charge in [-0.05, 0) is 7.05 Å². The van der Waals surface area contributed by atoms with Crippen molar-refractivity contribution in [3.05, 3.63) is 23.3 Å². The summed E-state index contributed by atoms with van der Waals surface area (Å²) in [5, 5.41) is 0. The van der Waals surface area contributed by atoms with Crippen LogP contribution in [0.1, 0.15) is 0 Å². The quantitative estimate of drug-likeness (QED) is 0.490. The van der Waals surface area contributed by atoms with Crippen molar-refractivity contribution in [3.8, 4) is 0 Å². The Hall–Kier alpha value is -1.04. The van der Waals surface area contributed by atoms with Gasteiger partial charge in [-0.2, -0.15) is 8.42 Å². The fourth-order valence-electron chi connectivity index (χ4n) is 1.08. The van der Waals surface area contributed by atoms with Crippen molar-refractivity contribution in [2.24, 2.45) is 0 Å².